The Morgan fingerprint density at radius 1 is 1.19 bits per heavy atom. The Balaban J connectivity index is 2.13. The summed E-state index contributed by atoms with van der Waals surface area (Å²) < 4.78 is 1.48. The van der Waals surface area contributed by atoms with Crippen molar-refractivity contribution in [2.45, 2.75) is 6.54 Å². The smallest absolute Gasteiger partial charge is 0.267 e. The second-order valence-electron chi connectivity index (χ2n) is 4.32. The molecule has 7 nitrogen and oxygen atoms in total. The number of carbonyl (C=O) groups is 2. The minimum Gasteiger partial charge on any atom is -0.287 e. The van der Waals surface area contributed by atoms with Crippen molar-refractivity contribution in [2.24, 2.45) is 0 Å². The molecule has 0 aliphatic rings. The van der Waals surface area contributed by atoms with Gasteiger partial charge in [-0.3, -0.25) is 19.7 Å². The molecule has 0 saturated carbocycles. The van der Waals surface area contributed by atoms with Crippen LogP contribution in [0, 0.1) is 10.1 Å². The van der Waals surface area contributed by atoms with E-state index in [4.69, 9.17) is 0 Å². The number of nitrogens with zero attached hydrogens (tertiary/aromatic N) is 3. The van der Waals surface area contributed by atoms with Crippen LogP contribution in [-0.4, -0.2) is 28.0 Å². The molecule has 2 rings (SSSR count). The molecule has 0 N–H and O–H groups in total. The normalized spacial score (nSPS) is 10.1. The lowest BCUT2D eigenvalue weighted by atomic mass is 10.1. The highest BCUT2D eigenvalue weighted by Crippen LogP contribution is 2.00. The Hall–Kier alpha value is -2.96. The fourth-order valence-electron chi connectivity index (χ4n) is 1.75. The van der Waals surface area contributed by atoms with E-state index in [1.165, 1.54) is 23.2 Å². The summed E-state index contributed by atoms with van der Waals surface area (Å²) in [6.07, 6.45) is 4.21. The van der Waals surface area contributed by atoms with E-state index < -0.39 is 17.3 Å². The third-order valence-corrected chi connectivity index (χ3v) is 2.74. The van der Waals surface area contributed by atoms with E-state index in [0.29, 0.717) is 5.56 Å². The van der Waals surface area contributed by atoms with Crippen molar-refractivity contribution in [1.82, 2.24) is 4.98 Å². The van der Waals surface area contributed by atoms with Crippen molar-refractivity contribution in [3.8, 4) is 0 Å². The van der Waals surface area contributed by atoms with Gasteiger partial charge in [-0.1, -0.05) is 30.3 Å². The zero-order valence-electron chi connectivity index (χ0n) is 11.0. The topological polar surface area (TPSA) is 94.1 Å². The van der Waals surface area contributed by atoms with E-state index in [2.05, 4.69) is 4.98 Å². The second kappa shape index (κ2) is 6.47. The van der Waals surface area contributed by atoms with Crippen LogP contribution in [0.4, 0.5) is 0 Å². The molecule has 0 fully saturated rings. The Labute approximate surface area is 120 Å². The van der Waals surface area contributed by atoms with Crippen LogP contribution in [0.5, 0.6) is 0 Å². The number of ketones is 2. The van der Waals surface area contributed by atoms with Gasteiger partial charge in [0.2, 0.25) is 12.3 Å². The van der Waals surface area contributed by atoms with Gasteiger partial charge in [-0.05, 0) is 0 Å². The van der Waals surface area contributed by atoms with E-state index in [-0.39, 0.29) is 18.0 Å². The predicted molar refractivity (Wildman–Crippen MR) is 71.4 cm³/mol. The Bertz CT molecular complexity index is 686. The monoisotopic (exact) mass is 286 g/mol. The van der Waals surface area contributed by atoms with Crippen LogP contribution in [0.25, 0.3) is 0 Å². The maximum Gasteiger partial charge on any atom is 0.267 e. The van der Waals surface area contributed by atoms with E-state index in [1.54, 1.807) is 24.3 Å². The lowest BCUT2D eigenvalue weighted by Gasteiger charge is -1.99. The summed E-state index contributed by atoms with van der Waals surface area (Å²) in [7, 11) is 0. The number of nitro groups is 1. The highest BCUT2D eigenvalue weighted by atomic mass is 16.6. The second-order valence-corrected chi connectivity index (χ2v) is 4.32. The van der Waals surface area contributed by atoms with Gasteiger partial charge in [0.05, 0.1) is 6.20 Å². The molecule has 0 radical (unpaired) electrons. The summed E-state index contributed by atoms with van der Waals surface area (Å²) in [5, 5.41) is 10.3. The van der Waals surface area contributed by atoms with Crippen LogP contribution in [0.2, 0.25) is 0 Å². The van der Waals surface area contributed by atoms with Crippen molar-refractivity contribution in [3.63, 3.8) is 0 Å². The molecule has 7 heteroatoms. The van der Waals surface area contributed by atoms with Crippen LogP contribution in [0.3, 0.4) is 0 Å². The van der Waals surface area contributed by atoms with Gasteiger partial charge in [0, 0.05) is 10.5 Å². The van der Waals surface area contributed by atoms with Gasteiger partial charge in [-0.25, -0.2) is 4.98 Å². The average molecular weight is 286 g/mol. The molecule has 2 aromatic rings. The number of rotatable bonds is 6. The fraction of sp³-hybridized carbons (Fsp3) is 0.143. The number of aromatic nitrogens is 2. The number of Topliss-reactive ketones (excluding diaryl/α,β-unsaturated/α-hetero) is 2. The quantitative estimate of drug-likeness (QED) is 0.337. The van der Waals surface area contributed by atoms with Gasteiger partial charge in [0.25, 0.3) is 12.3 Å². The molecule has 0 bridgehead atoms. The Morgan fingerprint density at radius 3 is 2.57 bits per heavy atom. The molecular formula is C14H12N3O4+. The summed E-state index contributed by atoms with van der Waals surface area (Å²) in [5.74, 6) is -0.819. The van der Waals surface area contributed by atoms with E-state index in [9.17, 15) is 19.7 Å². The minimum absolute atomic E-state index is 0.0324. The molecule has 0 spiro atoms. The number of hydrogen-bond acceptors (Lipinski definition) is 5. The van der Waals surface area contributed by atoms with Crippen LogP contribution >= 0.6 is 0 Å². The van der Waals surface area contributed by atoms with Crippen LogP contribution in [-0.2, 0) is 6.54 Å². The largest absolute Gasteiger partial charge is 0.287 e. The van der Waals surface area contributed by atoms with Gasteiger partial charge in [-0.2, -0.15) is 4.57 Å². The summed E-state index contributed by atoms with van der Waals surface area (Å²) in [6, 6.07) is 8.73. The Kier molecular flexibility index (Phi) is 4.45. The molecule has 0 unspecified atom stereocenters. The van der Waals surface area contributed by atoms with Crippen LogP contribution in [0.1, 0.15) is 20.8 Å². The van der Waals surface area contributed by atoms with Crippen molar-refractivity contribution < 1.29 is 19.1 Å². The van der Waals surface area contributed by atoms with Crippen LogP contribution < -0.4 is 4.57 Å². The first-order valence-corrected chi connectivity index (χ1v) is 6.14. The Morgan fingerprint density at radius 2 is 1.90 bits per heavy atom. The maximum absolute atomic E-state index is 12.0. The molecule has 1 aromatic heterocycles. The van der Waals surface area contributed by atoms with E-state index in [0.717, 1.165) is 0 Å². The SMILES string of the molecule is O=C(C[n+]1ccnc(C(=O)C[N+](=O)[O-])c1)c1ccccc1. The lowest BCUT2D eigenvalue weighted by Crippen LogP contribution is -2.38. The first-order chi connectivity index (χ1) is 10.1. The summed E-state index contributed by atoms with van der Waals surface area (Å²) in [6.45, 7) is -0.783. The molecule has 1 aromatic carbocycles. The lowest BCUT2D eigenvalue weighted by molar-refractivity contribution is -0.683. The molecule has 21 heavy (non-hydrogen) atoms. The molecular weight excluding hydrogens is 274 g/mol. The summed E-state index contributed by atoms with van der Waals surface area (Å²) in [5.41, 5.74) is 0.523. The van der Waals surface area contributed by atoms with E-state index in [1.807, 2.05) is 6.07 Å². The molecule has 0 aliphatic carbocycles. The van der Waals surface area contributed by atoms with Crippen molar-refractivity contribution in [1.29, 1.82) is 0 Å². The van der Waals surface area contributed by atoms with Crippen LogP contribution in [0.15, 0.2) is 48.9 Å². The third kappa shape index (κ3) is 4.00. The van der Waals surface area contributed by atoms with E-state index >= 15 is 0 Å². The molecule has 0 aliphatic heterocycles. The highest BCUT2D eigenvalue weighted by Gasteiger charge is 2.19. The predicted octanol–water partition coefficient (Wildman–Crippen LogP) is 0.711. The minimum atomic E-state index is -0.816. The van der Waals surface area contributed by atoms with Gasteiger partial charge < -0.3 is 0 Å². The standard InChI is InChI=1S/C14H12N3O4/c18-13(11-4-2-1-3-5-11)9-16-7-6-15-12(8-16)14(19)10-17(20)21/h1-8H,9-10H2/q+1. The maximum atomic E-state index is 12.0. The van der Waals surface area contributed by atoms with Gasteiger partial charge >= 0.3 is 0 Å². The van der Waals surface area contributed by atoms with Crippen molar-refractivity contribution >= 4 is 11.6 Å². The number of carbonyl (C=O) groups excluding carboxylic acids is 2. The molecule has 0 atom stereocenters. The third-order valence-electron chi connectivity index (χ3n) is 2.74. The summed E-state index contributed by atoms with van der Waals surface area (Å²) >= 11 is 0. The zero-order chi connectivity index (χ0) is 15.2. The van der Waals surface area contributed by atoms with Gasteiger partial charge in [-0.15, -0.1) is 0 Å². The number of benzene rings is 1. The molecule has 1 heterocycles. The first kappa shape index (κ1) is 14.4. The number of hydrogen-bond donors (Lipinski definition) is 0. The zero-order valence-corrected chi connectivity index (χ0v) is 11.0. The fourth-order valence-corrected chi connectivity index (χ4v) is 1.75. The average Bonchev–Trinajstić information content (AvgIpc) is 2.47. The van der Waals surface area contributed by atoms with Gasteiger partial charge in [0.15, 0.2) is 18.1 Å². The molecule has 0 amide bonds. The molecule has 106 valence electrons. The van der Waals surface area contributed by atoms with Crippen molar-refractivity contribution in [2.75, 3.05) is 6.54 Å². The van der Waals surface area contributed by atoms with Gasteiger partial charge in [0.1, 0.15) is 0 Å². The molecule has 0 saturated heterocycles. The first-order valence-electron chi connectivity index (χ1n) is 6.14. The summed E-state index contributed by atoms with van der Waals surface area (Å²) in [4.78, 5) is 37.0. The van der Waals surface area contributed by atoms with Crippen molar-refractivity contribution in [3.05, 3.63) is 70.3 Å². The highest BCUT2D eigenvalue weighted by molar-refractivity contribution is 5.95.